The van der Waals surface area contributed by atoms with Crippen LogP contribution in [0.2, 0.25) is 0 Å². The average molecular weight is 283 g/mol. The van der Waals surface area contributed by atoms with Gasteiger partial charge < -0.3 is 5.73 Å². The molecule has 2 aromatic carbocycles. The lowest BCUT2D eigenvalue weighted by Gasteiger charge is -2.35. The fourth-order valence-corrected chi connectivity index (χ4v) is 2.90. The molecule has 4 heteroatoms. The topological polar surface area (TPSA) is 46.3 Å². The van der Waals surface area contributed by atoms with E-state index < -0.39 is 11.9 Å². The zero-order valence-corrected chi connectivity index (χ0v) is 11.6. The number of rotatable bonds is 3. The van der Waals surface area contributed by atoms with Crippen LogP contribution in [-0.2, 0) is 17.8 Å². The smallest absolute Gasteiger partial charge is 0.239 e. The van der Waals surface area contributed by atoms with Crippen LogP contribution < -0.4 is 5.73 Å². The van der Waals surface area contributed by atoms with Crippen molar-refractivity contribution in [3.63, 3.8) is 0 Å². The van der Waals surface area contributed by atoms with Crippen molar-refractivity contribution < 1.29 is 9.18 Å². The highest BCUT2D eigenvalue weighted by Gasteiger charge is 2.31. The number of nitrogens with two attached hydrogens (primary N) is 1. The van der Waals surface area contributed by atoms with Gasteiger partial charge in [0.05, 0.1) is 0 Å². The fraction of sp³-hybridized carbons (Fsp3) is 0.235. The normalized spacial score (nSPS) is 18.2. The highest BCUT2D eigenvalue weighted by Crippen LogP contribution is 2.30. The zero-order chi connectivity index (χ0) is 14.8. The Balaban J connectivity index is 1.93. The van der Waals surface area contributed by atoms with Crippen molar-refractivity contribution in [1.29, 1.82) is 0 Å². The molecule has 1 radical (unpaired) electrons. The molecule has 0 aliphatic carbocycles. The van der Waals surface area contributed by atoms with Crippen LogP contribution in [0, 0.1) is 11.9 Å². The van der Waals surface area contributed by atoms with E-state index in [9.17, 15) is 9.18 Å². The minimum Gasteiger partial charge on any atom is -0.368 e. The number of carbonyl (C=O) groups is 1. The molecule has 107 valence electrons. The van der Waals surface area contributed by atoms with Gasteiger partial charge in [-0.1, -0.05) is 36.4 Å². The van der Waals surface area contributed by atoms with Crippen LogP contribution in [0.5, 0.6) is 0 Å². The fourth-order valence-electron chi connectivity index (χ4n) is 2.90. The Morgan fingerprint density at radius 1 is 1.38 bits per heavy atom. The van der Waals surface area contributed by atoms with Crippen LogP contribution in [0.1, 0.15) is 22.7 Å². The molecular weight excluding hydrogens is 267 g/mol. The van der Waals surface area contributed by atoms with Gasteiger partial charge in [-0.25, -0.2) is 4.39 Å². The van der Waals surface area contributed by atoms with E-state index in [2.05, 4.69) is 6.07 Å². The van der Waals surface area contributed by atoms with E-state index >= 15 is 0 Å². The van der Waals surface area contributed by atoms with Crippen LogP contribution in [0.15, 0.2) is 42.5 Å². The number of amides is 1. The third kappa shape index (κ3) is 2.67. The molecule has 1 unspecified atom stereocenters. The standard InChI is InChI=1S/C17H16FN2O/c18-15-8-4-2-6-13(15)11-20-10-9-12-5-1-3-7-14(12)16(20)17(19)21/h2-8,16H,9-11H2,(H2,19,21). The Kier molecular flexibility index (Phi) is 3.71. The number of hydrogen-bond acceptors (Lipinski definition) is 2. The van der Waals surface area contributed by atoms with Gasteiger partial charge in [0.1, 0.15) is 11.9 Å². The van der Waals surface area contributed by atoms with E-state index in [-0.39, 0.29) is 5.82 Å². The lowest BCUT2D eigenvalue weighted by molar-refractivity contribution is -0.124. The molecule has 1 heterocycles. The van der Waals surface area contributed by atoms with E-state index in [0.717, 1.165) is 17.5 Å². The van der Waals surface area contributed by atoms with Crippen molar-refractivity contribution in [2.45, 2.75) is 19.0 Å². The van der Waals surface area contributed by atoms with Crippen LogP contribution in [0.25, 0.3) is 0 Å². The summed E-state index contributed by atoms with van der Waals surface area (Å²) in [6.07, 6.45) is 0.810. The Morgan fingerprint density at radius 2 is 2.19 bits per heavy atom. The lowest BCUT2D eigenvalue weighted by atomic mass is 9.92. The molecule has 0 bridgehead atoms. The van der Waals surface area contributed by atoms with Crippen LogP contribution >= 0.6 is 0 Å². The van der Waals surface area contributed by atoms with Crippen molar-refractivity contribution >= 4 is 5.91 Å². The largest absolute Gasteiger partial charge is 0.368 e. The summed E-state index contributed by atoms with van der Waals surface area (Å²) in [5.74, 6) is -0.661. The number of carbonyl (C=O) groups excluding carboxylic acids is 1. The summed E-state index contributed by atoms with van der Waals surface area (Å²) in [6, 6.07) is 14.7. The number of hydrogen-bond donors (Lipinski definition) is 1. The van der Waals surface area contributed by atoms with Gasteiger partial charge in [0.25, 0.3) is 0 Å². The third-order valence-electron chi connectivity index (χ3n) is 3.92. The summed E-state index contributed by atoms with van der Waals surface area (Å²) in [6.45, 7) is 1.05. The van der Waals surface area contributed by atoms with E-state index in [4.69, 9.17) is 5.73 Å². The number of nitrogens with zero attached hydrogens (tertiary/aromatic N) is 1. The molecule has 0 saturated carbocycles. The van der Waals surface area contributed by atoms with Gasteiger partial charge in [-0.3, -0.25) is 9.69 Å². The highest BCUT2D eigenvalue weighted by atomic mass is 19.1. The van der Waals surface area contributed by atoms with E-state index in [1.54, 1.807) is 24.3 Å². The Morgan fingerprint density at radius 3 is 2.95 bits per heavy atom. The molecule has 0 aromatic heterocycles. The maximum atomic E-state index is 13.8. The first-order valence-electron chi connectivity index (χ1n) is 6.92. The number of benzene rings is 2. The van der Waals surface area contributed by atoms with Gasteiger partial charge in [0.15, 0.2) is 0 Å². The first-order chi connectivity index (χ1) is 10.2. The SMILES string of the molecule is NC(=O)C1c2cc[c]cc2CCN1Cc1ccccc1F. The molecular formula is C17H16FN2O. The van der Waals surface area contributed by atoms with Crippen LogP contribution in [0.4, 0.5) is 4.39 Å². The van der Waals surface area contributed by atoms with Gasteiger partial charge in [-0.05, 0) is 29.7 Å². The average Bonchev–Trinajstić information content (AvgIpc) is 2.49. The Labute approximate surface area is 123 Å². The molecule has 0 fully saturated rings. The van der Waals surface area contributed by atoms with Gasteiger partial charge in [0, 0.05) is 18.7 Å². The summed E-state index contributed by atoms with van der Waals surface area (Å²) in [5, 5.41) is 0. The Hall–Kier alpha value is -2.20. The maximum absolute atomic E-state index is 13.8. The molecule has 2 N–H and O–H groups in total. The molecule has 0 saturated heterocycles. The van der Waals surface area contributed by atoms with Gasteiger partial charge in [-0.2, -0.15) is 0 Å². The minimum absolute atomic E-state index is 0.257. The second-order valence-corrected chi connectivity index (χ2v) is 5.24. The van der Waals surface area contributed by atoms with Crippen LogP contribution in [-0.4, -0.2) is 17.4 Å². The van der Waals surface area contributed by atoms with Crippen molar-refractivity contribution in [2.75, 3.05) is 6.54 Å². The monoisotopic (exact) mass is 283 g/mol. The molecule has 1 amide bonds. The zero-order valence-electron chi connectivity index (χ0n) is 11.6. The summed E-state index contributed by atoms with van der Waals surface area (Å²) in [7, 11) is 0. The van der Waals surface area contributed by atoms with E-state index in [0.29, 0.717) is 18.7 Å². The predicted molar refractivity (Wildman–Crippen MR) is 77.7 cm³/mol. The van der Waals surface area contributed by atoms with E-state index in [1.807, 2.05) is 17.0 Å². The van der Waals surface area contributed by atoms with E-state index in [1.165, 1.54) is 6.07 Å². The number of halogens is 1. The summed E-state index contributed by atoms with van der Waals surface area (Å²) in [5.41, 5.74) is 8.15. The predicted octanol–water partition coefficient (Wildman–Crippen LogP) is 2.21. The molecule has 1 aliphatic rings. The minimum atomic E-state index is -0.511. The van der Waals surface area contributed by atoms with Gasteiger partial charge >= 0.3 is 0 Å². The number of fused-ring (bicyclic) bond motifs is 1. The van der Waals surface area contributed by atoms with Gasteiger partial charge in [-0.15, -0.1) is 0 Å². The summed E-state index contributed by atoms with van der Waals surface area (Å²) < 4.78 is 13.8. The van der Waals surface area contributed by atoms with Crippen molar-refractivity contribution in [2.24, 2.45) is 5.73 Å². The molecule has 3 nitrogen and oxygen atoms in total. The molecule has 3 rings (SSSR count). The number of primary amides is 1. The summed E-state index contributed by atoms with van der Waals surface area (Å²) >= 11 is 0. The second-order valence-electron chi connectivity index (χ2n) is 5.24. The second kappa shape index (κ2) is 5.66. The molecule has 21 heavy (non-hydrogen) atoms. The third-order valence-corrected chi connectivity index (χ3v) is 3.92. The van der Waals surface area contributed by atoms with Crippen LogP contribution in [0.3, 0.4) is 0 Å². The quantitative estimate of drug-likeness (QED) is 0.938. The Bertz CT molecular complexity index is 671. The first-order valence-corrected chi connectivity index (χ1v) is 6.92. The first kappa shape index (κ1) is 13.8. The highest BCUT2D eigenvalue weighted by molar-refractivity contribution is 5.82. The molecule has 0 spiro atoms. The van der Waals surface area contributed by atoms with Crippen molar-refractivity contribution in [3.05, 3.63) is 71.0 Å². The van der Waals surface area contributed by atoms with Crippen molar-refractivity contribution in [3.8, 4) is 0 Å². The van der Waals surface area contributed by atoms with Crippen molar-refractivity contribution in [1.82, 2.24) is 4.90 Å². The molecule has 2 aromatic rings. The lowest BCUT2D eigenvalue weighted by Crippen LogP contribution is -2.42. The molecule has 1 atom stereocenters. The molecule has 1 aliphatic heterocycles. The maximum Gasteiger partial charge on any atom is 0.239 e. The van der Waals surface area contributed by atoms with Gasteiger partial charge in [0.2, 0.25) is 5.91 Å². The summed E-state index contributed by atoms with van der Waals surface area (Å²) in [4.78, 5) is 13.8.